The van der Waals surface area contributed by atoms with Gasteiger partial charge >= 0.3 is 0 Å². The van der Waals surface area contributed by atoms with Crippen LogP contribution in [0, 0.1) is 0 Å². The molecule has 1 aromatic heterocycles. The van der Waals surface area contributed by atoms with E-state index >= 15 is 0 Å². The van der Waals surface area contributed by atoms with E-state index in [9.17, 15) is 8.42 Å². The minimum Gasteiger partial charge on any atom is -0.366 e. The summed E-state index contributed by atoms with van der Waals surface area (Å²) in [6.45, 7) is 4.54. The SMILES string of the molecule is CC(C)=CCNc1ncccc1S(C)(=O)=O. The summed E-state index contributed by atoms with van der Waals surface area (Å²) in [4.78, 5) is 4.26. The highest BCUT2D eigenvalue weighted by molar-refractivity contribution is 7.90. The summed E-state index contributed by atoms with van der Waals surface area (Å²) in [5, 5.41) is 2.98. The molecule has 0 unspecified atom stereocenters. The summed E-state index contributed by atoms with van der Waals surface area (Å²) >= 11 is 0. The minimum absolute atomic E-state index is 0.233. The van der Waals surface area contributed by atoms with Crippen molar-refractivity contribution < 1.29 is 8.42 Å². The first-order valence-corrected chi connectivity index (χ1v) is 6.82. The van der Waals surface area contributed by atoms with Gasteiger partial charge in [0.2, 0.25) is 0 Å². The van der Waals surface area contributed by atoms with Crippen molar-refractivity contribution in [2.75, 3.05) is 18.1 Å². The van der Waals surface area contributed by atoms with Crippen molar-refractivity contribution in [3.05, 3.63) is 30.0 Å². The van der Waals surface area contributed by atoms with Gasteiger partial charge in [-0.05, 0) is 26.0 Å². The zero-order chi connectivity index (χ0) is 12.2. The van der Waals surface area contributed by atoms with E-state index < -0.39 is 9.84 Å². The smallest absolute Gasteiger partial charge is 0.179 e. The summed E-state index contributed by atoms with van der Waals surface area (Å²) in [6.07, 6.45) is 4.72. The summed E-state index contributed by atoms with van der Waals surface area (Å²) in [7, 11) is -3.23. The Bertz CT molecular complexity index is 488. The molecule has 0 fully saturated rings. The van der Waals surface area contributed by atoms with Gasteiger partial charge < -0.3 is 5.32 Å². The average molecular weight is 240 g/mol. The fourth-order valence-electron chi connectivity index (χ4n) is 1.17. The number of allylic oxidation sites excluding steroid dienone is 1. The van der Waals surface area contributed by atoms with E-state index in [1.165, 1.54) is 11.8 Å². The molecule has 0 amide bonds. The van der Waals surface area contributed by atoms with Crippen LogP contribution in [-0.4, -0.2) is 26.2 Å². The second-order valence-corrected chi connectivity index (χ2v) is 5.77. The Labute approximate surface area is 96.3 Å². The Morgan fingerprint density at radius 3 is 2.75 bits per heavy atom. The lowest BCUT2D eigenvalue weighted by atomic mass is 10.3. The van der Waals surface area contributed by atoms with Crippen molar-refractivity contribution >= 4 is 15.7 Å². The lowest BCUT2D eigenvalue weighted by molar-refractivity contribution is 0.602. The van der Waals surface area contributed by atoms with Gasteiger partial charge in [-0.25, -0.2) is 13.4 Å². The molecule has 0 spiro atoms. The summed E-state index contributed by atoms with van der Waals surface area (Å²) in [5.41, 5.74) is 1.17. The maximum absolute atomic E-state index is 11.5. The van der Waals surface area contributed by atoms with Crippen LogP contribution in [0.1, 0.15) is 13.8 Å². The van der Waals surface area contributed by atoms with E-state index in [0.29, 0.717) is 12.4 Å². The average Bonchev–Trinajstić information content (AvgIpc) is 2.16. The number of anilines is 1. The van der Waals surface area contributed by atoms with Gasteiger partial charge in [-0.2, -0.15) is 0 Å². The van der Waals surface area contributed by atoms with Gasteiger partial charge in [0.05, 0.1) is 0 Å². The summed E-state index contributed by atoms with van der Waals surface area (Å²) in [5.74, 6) is 0.405. The standard InChI is InChI=1S/C11H16N2O2S/c1-9(2)6-8-13-11-10(16(3,14)15)5-4-7-12-11/h4-7H,8H2,1-3H3,(H,12,13). The number of pyridine rings is 1. The van der Waals surface area contributed by atoms with Crippen molar-refractivity contribution in [3.8, 4) is 0 Å². The van der Waals surface area contributed by atoms with Crippen molar-refractivity contribution in [1.29, 1.82) is 0 Å². The topological polar surface area (TPSA) is 59.1 Å². The molecule has 16 heavy (non-hydrogen) atoms. The van der Waals surface area contributed by atoms with Crippen molar-refractivity contribution in [2.24, 2.45) is 0 Å². The predicted octanol–water partition coefficient (Wildman–Crippen LogP) is 1.86. The molecule has 0 aliphatic carbocycles. The molecule has 1 heterocycles. The molecule has 4 nitrogen and oxygen atoms in total. The zero-order valence-corrected chi connectivity index (χ0v) is 10.5. The Morgan fingerprint density at radius 1 is 1.50 bits per heavy atom. The maximum Gasteiger partial charge on any atom is 0.179 e. The monoisotopic (exact) mass is 240 g/mol. The fourth-order valence-corrected chi connectivity index (χ4v) is 1.98. The third kappa shape index (κ3) is 3.66. The molecule has 88 valence electrons. The van der Waals surface area contributed by atoms with E-state index in [1.54, 1.807) is 18.3 Å². The maximum atomic E-state index is 11.5. The van der Waals surface area contributed by atoms with Gasteiger partial charge in [0.25, 0.3) is 0 Å². The Hall–Kier alpha value is -1.36. The third-order valence-corrected chi connectivity index (χ3v) is 3.08. The van der Waals surface area contributed by atoms with Crippen LogP contribution in [0.25, 0.3) is 0 Å². The number of aromatic nitrogens is 1. The molecule has 0 radical (unpaired) electrons. The number of hydrogen-bond donors (Lipinski definition) is 1. The first-order valence-electron chi connectivity index (χ1n) is 4.93. The first kappa shape index (κ1) is 12.7. The van der Waals surface area contributed by atoms with Gasteiger partial charge in [-0.1, -0.05) is 11.6 Å². The zero-order valence-electron chi connectivity index (χ0n) is 9.69. The fraction of sp³-hybridized carbons (Fsp3) is 0.364. The lowest BCUT2D eigenvalue weighted by Gasteiger charge is -2.07. The Balaban J connectivity index is 2.93. The molecule has 1 N–H and O–H groups in total. The molecular formula is C11H16N2O2S. The van der Waals surface area contributed by atoms with E-state index in [-0.39, 0.29) is 4.90 Å². The third-order valence-electron chi connectivity index (χ3n) is 1.95. The Morgan fingerprint density at radius 2 is 2.19 bits per heavy atom. The summed E-state index contributed by atoms with van der Waals surface area (Å²) < 4.78 is 22.9. The highest BCUT2D eigenvalue weighted by atomic mass is 32.2. The molecule has 5 heteroatoms. The number of sulfone groups is 1. The van der Waals surface area contributed by atoms with Gasteiger partial charge in [0.1, 0.15) is 10.7 Å². The minimum atomic E-state index is -3.23. The first-order chi connectivity index (χ1) is 7.41. The van der Waals surface area contributed by atoms with Crippen LogP contribution in [0.5, 0.6) is 0 Å². The highest BCUT2D eigenvalue weighted by Gasteiger charge is 2.12. The molecule has 0 saturated heterocycles. The molecule has 0 saturated carbocycles. The van der Waals surface area contributed by atoms with Crippen LogP contribution in [0.3, 0.4) is 0 Å². The normalized spacial score (nSPS) is 10.9. The van der Waals surface area contributed by atoms with Crippen molar-refractivity contribution in [2.45, 2.75) is 18.7 Å². The molecule has 1 rings (SSSR count). The van der Waals surface area contributed by atoms with Crippen LogP contribution in [0.15, 0.2) is 34.9 Å². The van der Waals surface area contributed by atoms with Gasteiger partial charge in [0.15, 0.2) is 9.84 Å². The van der Waals surface area contributed by atoms with E-state index in [1.807, 2.05) is 19.9 Å². The van der Waals surface area contributed by atoms with Crippen molar-refractivity contribution in [3.63, 3.8) is 0 Å². The van der Waals surface area contributed by atoms with Gasteiger partial charge in [0, 0.05) is 19.0 Å². The van der Waals surface area contributed by atoms with Crippen LogP contribution in [0.4, 0.5) is 5.82 Å². The van der Waals surface area contributed by atoms with Gasteiger partial charge in [-0.15, -0.1) is 0 Å². The molecule has 1 aromatic rings. The molecule has 0 aliphatic rings. The second kappa shape index (κ2) is 5.12. The number of hydrogen-bond acceptors (Lipinski definition) is 4. The molecule has 0 aromatic carbocycles. The largest absolute Gasteiger partial charge is 0.366 e. The van der Waals surface area contributed by atoms with E-state index in [2.05, 4.69) is 10.3 Å². The number of nitrogens with zero attached hydrogens (tertiary/aromatic N) is 1. The number of nitrogens with one attached hydrogen (secondary N) is 1. The second-order valence-electron chi connectivity index (χ2n) is 3.78. The summed E-state index contributed by atoms with van der Waals surface area (Å²) in [6, 6.07) is 3.16. The van der Waals surface area contributed by atoms with Crippen molar-refractivity contribution in [1.82, 2.24) is 4.98 Å². The van der Waals surface area contributed by atoms with E-state index in [4.69, 9.17) is 0 Å². The highest BCUT2D eigenvalue weighted by Crippen LogP contribution is 2.17. The van der Waals surface area contributed by atoms with Crippen LogP contribution in [0.2, 0.25) is 0 Å². The molecule has 0 atom stereocenters. The predicted molar refractivity (Wildman–Crippen MR) is 65.3 cm³/mol. The van der Waals surface area contributed by atoms with Crippen LogP contribution < -0.4 is 5.32 Å². The van der Waals surface area contributed by atoms with Gasteiger partial charge in [-0.3, -0.25) is 0 Å². The molecule has 0 aliphatic heterocycles. The van der Waals surface area contributed by atoms with E-state index in [0.717, 1.165) is 0 Å². The Kier molecular flexibility index (Phi) is 4.06. The molecule has 0 bridgehead atoms. The number of rotatable bonds is 4. The van der Waals surface area contributed by atoms with Crippen LogP contribution in [-0.2, 0) is 9.84 Å². The van der Waals surface area contributed by atoms with Crippen LogP contribution >= 0.6 is 0 Å². The quantitative estimate of drug-likeness (QED) is 0.816. The lowest BCUT2D eigenvalue weighted by Crippen LogP contribution is -2.07. The molecular weight excluding hydrogens is 224 g/mol.